The number of hydrogen-bond acceptors (Lipinski definition) is 6. The maximum absolute atomic E-state index is 11.8. The van der Waals surface area contributed by atoms with Crippen molar-refractivity contribution in [2.45, 2.75) is 6.04 Å². The van der Waals surface area contributed by atoms with Gasteiger partial charge in [0.25, 0.3) is 5.91 Å². The third-order valence-electron chi connectivity index (χ3n) is 4.19. The van der Waals surface area contributed by atoms with Crippen LogP contribution in [0.15, 0.2) is 12.1 Å². The fraction of sp³-hybridized carbons (Fsp3) is 0.643. The van der Waals surface area contributed by atoms with Crippen molar-refractivity contribution in [1.29, 1.82) is 0 Å². The van der Waals surface area contributed by atoms with Crippen molar-refractivity contribution in [2.75, 3.05) is 58.3 Å². The van der Waals surface area contributed by atoms with Crippen LogP contribution in [0.5, 0.6) is 0 Å². The van der Waals surface area contributed by atoms with Crippen molar-refractivity contribution in [3.8, 4) is 0 Å². The van der Waals surface area contributed by atoms with E-state index in [9.17, 15) is 4.79 Å². The maximum Gasteiger partial charge on any atom is 0.273 e. The molecule has 2 aliphatic rings. The van der Waals surface area contributed by atoms with E-state index < -0.39 is 0 Å². The predicted molar refractivity (Wildman–Crippen MR) is 80.5 cm³/mol. The van der Waals surface area contributed by atoms with Crippen LogP contribution in [0.1, 0.15) is 10.5 Å². The van der Waals surface area contributed by atoms with Gasteiger partial charge in [-0.05, 0) is 12.1 Å². The van der Waals surface area contributed by atoms with Gasteiger partial charge < -0.3 is 15.1 Å². The Morgan fingerprint density at radius 3 is 2.38 bits per heavy atom. The molecule has 0 atom stereocenters. The summed E-state index contributed by atoms with van der Waals surface area (Å²) in [6, 6.07) is 4.36. The van der Waals surface area contributed by atoms with Gasteiger partial charge in [-0.15, -0.1) is 10.2 Å². The van der Waals surface area contributed by atoms with Crippen LogP contribution >= 0.6 is 0 Å². The SMILES string of the molecule is CN(C)C(=O)c1ccc(N2CCN(C3CNC3)CC2)nn1. The highest BCUT2D eigenvalue weighted by atomic mass is 16.2. The highest BCUT2D eigenvalue weighted by Crippen LogP contribution is 2.15. The summed E-state index contributed by atoms with van der Waals surface area (Å²) < 4.78 is 0. The molecule has 2 aliphatic heterocycles. The van der Waals surface area contributed by atoms with Crippen LogP contribution in [0, 0.1) is 0 Å². The molecule has 0 unspecified atom stereocenters. The molecular weight excluding hydrogens is 268 g/mol. The molecule has 7 nitrogen and oxygen atoms in total. The van der Waals surface area contributed by atoms with Crippen molar-refractivity contribution in [3.63, 3.8) is 0 Å². The lowest BCUT2D eigenvalue weighted by Crippen LogP contribution is -2.61. The van der Waals surface area contributed by atoms with Crippen molar-refractivity contribution in [3.05, 3.63) is 17.8 Å². The lowest BCUT2D eigenvalue weighted by atomic mass is 10.1. The molecule has 1 N–H and O–H groups in total. The van der Waals surface area contributed by atoms with Gasteiger partial charge in [-0.3, -0.25) is 9.69 Å². The largest absolute Gasteiger partial charge is 0.353 e. The van der Waals surface area contributed by atoms with Crippen LogP contribution in [0.2, 0.25) is 0 Å². The highest BCUT2D eigenvalue weighted by molar-refractivity contribution is 5.91. The second-order valence-electron chi connectivity index (χ2n) is 5.81. The summed E-state index contributed by atoms with van der Waals surface area (Å²) >= 11 is 0. The summed E-state index contributed by atoms with van der Waals surface area (Å²) in [7, 11) is 3.43. The number of anilines is 1. The Labute approximate surface area is 124 Å². The normalized spacial score (nSPS) is 20.2. The highest BCUT2D eigenvalue weighted by Gasteiger charge is 2.28. The minimum atomic E-state index is -0.114. The number of carbonyl (C=O) groups excluding carboxylic acids is 1. The Morgan fingerprint density at radius 1 is 1.19 bits per heavy atom. The topological polar surface area (TPSA) is 64.6 Å². The number of nitrogens with one attached hydrogen (secondary N) is 1. The summed E-state index contributed by atoms with van der Waals surface area (Å²) in [5, 5.41) is 11.6. The van der Waals surface area contributed by atoms with Gasteiger partial charge in [0.2, 0.25) is 0 Å². The van der Waals surface area contributed by atoms with E-state index in [0.29, 0.717) is 11.7 Å². The minimum absolute atomic E-state index is 0.114. The number of carbonyl (C=O) groups is 1. The van der Waals surface area contributed by atoms with Crippen molar-refractivity contribution in [1.82, 2.24) is 25.3 Å². The van der Waals surface area contributed by atoms with E-state index in [1.54, 1.807) is 20.2 Å². The van der Waals surface area contributed by atoms with Gasteiger partial charge in [-0.25, -0.2) is 0 Å². The van der Waals surface area contributed by atoms with E-state index in [-0.39, 0.29) is 5.91 Å². The second kappa shape index (κ2) is 5.95. The summed E-state index contributed by atoms with van der Waals surface area (Å²) in [4.78, 5) is 18.1. The van der Waals surface area contributed by atoms with Gasteiger partial charge in [-0.2, -0.15) is 0 Å². The third-order valence-corrected chi connectivity index (χ3v) is 4.19. The first-order chi connectivity index (χ1) is 10.1. The maximum atomic E-state index is 11.8. The molecule has 0 bridgehead atoms. The van der Waals surface area contributed by atoms with Crippen LogP contribution in [0.4, 0.5) is 5.82 Å². The van der Waals surface area contributed by atoms with Gasteiger partial charge in [0.05, 0.1) is 0 Å². The fourth-order valence-corrected chi connectivity index (χ4v) is 2.68. The van der Waals surface area contributed by atoms with Crippen LogP contribution < -0.4 is 10.2 Å². The number of amides is 1. The molecule has 0 aliphatic carbocycles. The molecule has 1 aromatic heterocycles. The summed E-state index contributed by atoms with van der Waals surface area (Å²) in [5.74, 6) is 0.744. The molecule has 1 aromatic rings. The second-order valence-corrected chi connectivity index (χ2v) is 5.81. The molecule has 114 valence electrons. The summed E-state index contributed by atoms with van der Waals surface area (Å²) in [5.41, 5.74) is 0.392. The standard InChI is InChI=1S/C14H22N6O/c1-18(2)14(21)12-3-4-13(17-16-12)20-7-5-19(6-8-20)11-9-15-10-11/h3-4,11,15H,5-10H2,1-2H3. The predicted octanol–water partition coefficient (Wildman–Crippen LogP) is -0.728. The molecule has 0 radical (unpaired) electrons. The van der Waals surface area contributed by atoms with Crippen LogP contribution in [-0.2, 0) is 0 Å². The zero-order chi connectivity index (χ0) is 14.8. The van der Waals surface area contributed by atoms with Crippen molar-refractivity contribution in [2.24, 2.45) is 0 Å². The summed E-state index contributed by atoms with van der Waals surface area (Å²) in [6.07, 6.45) is 0. The first kappa shape index (κ1) is 14.2. The van der Waals surface area contributed by atoms with E-state index >= 15 is 0 Å². The quantitative estimate of drug-likeness (QED) is 0.792. The number of piperazine rings is 1. The lowest BCUT2D eigenvalue weighted by molar-refractivity contribution is 0.0821. The molecule has 1 amide bonds. The first-order valence-corrected chi connectivity index (χ1v) is 7.40. The minimum Gasteiger partial charge on any atom is -0.353 e. The average Bonchev–Trinajstić information content (AvgIpc) is 2.46. The fourth-order valence-electron chi connectivity index (χ4n) is 2.68. The van der Waals surface area contributed by atoms with Gasteiger partial charge in [-0.1, -0.05) is 0 Å². The van der Waals surface area contributed by atoms with E-state index in [0.717, 1.165) is 45.1 Å². The smallest absolute Gasteiger partial charge is 0.273 e. The molecule has 3 heterocycles. The zero-order valence-electron chi connectivity index (χ0n) is 12.6. The Kier molecular flexibility index (Phi) is 4.03. The molecule has 7 heteroatoms. The number of aromatic nitrogens is 2. The van der Waals surface area contributed by atoms with Gasteiger partial charge in [0.15, 0.2) is 11.5 Å². The van der Waals surface area contributed by atoms with Gasteiger partial charge >= 0.3 is 0 Å². The molecule has 3 rings (SSSR count). The molecule has 2 saturated heterocycles. The molecule has 21 heavy (non-hydrogen) atoms. The Hall–Kier alpha value is -1.73. The Morgan fingerprint density at radius 2 is 1.90 bits per heavy atom. The van der Waals surface area contributed by atoms with Crippen molar-refractivity contribution >= 4 is 11.7 Å². The van der Waals surface area contributed by atoms with E-state index in [1.807, 2.05) is 6.07 Å². The first-order valence-electron chi connectivity index (χ1n) is 7.40. The number of nitrogens with zero attached hydrogens (tertiary/aromatic N) is 5. The monoisotopic (exact) mass is 290 g/mol. The zero-order valence-corrected chi connectivity index (χ0v) is 12.6. The van der Waals surface area contributed by atoms with Gasteiger partial charge in [0, 0.05) is 59.4 Å². The molecule has 0 aromatic carbocycles. The van der Waals surface area contributed by atoms with E-state index in [4.69, 9.17) is 0 Å². The average molecular weight is 290 g/mol. The van der Waals surface area contributed by atoms with Gasteiger partial charge in [0.1, 0.15) is 0 Å². The van der Waals surface area contributed by atoms with E-state index in [1.165, 1.54) is 4.90 Å². The number of rotatable bonds is 3. The van der Waals surface area contributed by atoms with Crippen LogP contribution in [0.3, 0.4) is 0 Å². The third kappa shape index (κ3) is 2.98. The van der Waals surface area contributed by atoms with Crippen molar-refractivity contribution < 1.29 is 4.79 Å². The molecule has 0 saturated carbocycles. The number of hydrogen-bond donors (Lipinski definition) is 1. The van der Waals surface area contributed by atoms with Crippen LogP contribution in [0.25, 0.3) is 0 Å². The van der Waals surface area contributed by atoms with Crippen LogP contribution in [-0.4, -0.2) is 85.3 Å². The Balaban J connectivity index is 1.59. The molecule has 2 fully saturated rings. The lowest BCUT2D eigenvalue weighted by Gasteiger charge is -2.43. The summed E-state index contributed by atoms with van der Waals surface area (Å²) in [6.45, 7) is 6.28. The molecule has 0 spiro atoms. The molecular formula is C14H22N6O. The Bertz CT molecular complexity index is 491. The van der Waals surface area contributed by atoms with E-state index in [2.05, 4.69) is 25.3 Å².